The van der Waals surface area contributed by atoms with Crippen molar-refractivity contribution in [2.45, 2.75) is 45.4 Å². The van der Waals surface area contributed by atoms with Gasteiger partial charge < -0.3 is 9.47 Å². The second-order valence-electron chi connectivity index (χ2n) is 9.70. The standard InChI is InChI=1S/C34H33F4NO2/c1-3-5-7-21-40-29-18-17-27(33(37)34(29)38)24-11-8-23(9-12-24)10-13-25-14-16-28(32(36)31(25)35)26-15-19-30(39-22-26)41-20-6-4-2/h3,8-9,11-12,14-19,22H,1,4-7,10,13,20-21H2,2H3. The summed E-state index contributed by atoms with van der Waals surface area (Å²) >= 11 is 0. The van der Waals surface area contributed by atoms with Gasteiger partial charge in [-0.25, -0.2) is 18.2 Å². The van der Waals surface area contributed by atoms with E-state index in [0.717, 1.165) is 24.8 Å². The van der Waals surface area contributed by atoms with Crippen LogP contribution in [0.3, 0.4) is 0 Å². The highest BCUT2D eigenvalue weighted by atomic mass is 19.2. The second kappa shape index (κ2) is 14.5. The van der Waals surface area contributed by atoms with Crippen LogP contribution < -0.4 is 9.47 Å². The Morgan fingerprint density at radius 1 is 0.707 bits per heavy atom. The molecule has 3 aromatic carbocycles. The lowest BCUT2D eigenvalue weighted by molar-refractivity contribution is 0.291. The van der Waals surface area contributed by atoms with Gasteiger partial charge in [-0.05, 0) is 67.0 Å². The van der Waals surface area contributed by atoms with Gasteiger partial charge in [-0.2, -0.15) is 4.39 Å². The molecule has 0 saturated heterocycles. The van der Waals surface area contributed by atoms with E-state index in [0.29, 0.717) is 36.5 Å². The third-order valence-corrected chi connectivity index (χ3v) is 6.76. The monoisotopic (exact) mass is 563 g/mol. The van der Waals surface area contributed by atoms with Crippen LogP contribution in [0.4, 0.5) is 17.6 Å². The van der Waals surface area contributed by atoms with Crippen molar-refractivity contribution in [2.24, 2.45) is 0 Å². The molecule has 0 aliphatic heterocycles. The predicted molar refractivity (Wildman–Crippen MR) is 154 cm³/mol. The first-order chi connectivity index (χ1) is 19.9. The summed E-state index contributed by atoms with van der Waals surface area (Å²) in [6, 6.07) is 16.2. The molecule has 0 spiro atoms. The van der Waals surface area contributed by atoms with Gasteiger partial charge in [0.1, 0.15) is 0 Å². The fraction of sp³-hybridized carbons (Fsp3) is 0.265. The van der Waals surface area contributed by atoms with Crippen LogP contribution in [-0.2, 0) is 12.8 Å². The average molecular weight is 564 g/mol. The van der Waals surface area contributed by atoms with Gasteiger partial charge in [0, 0.05) is 29.0 Å². The quantitative estimate of drug-likeness (QED) is 0.0870. The second-order valence-corrected chi connectivity index (χ2v) is 9.70. The van der Waals surface area contributed by atoms with Crippen molar-refractivity contribution in [1.29, 1.82) is 0 Å². The van der Waals surface area contributed by atoms with Crippen LogP contribution in [0.2, 0.25) is 0 Å². The number of benzene rings is 3. The smallest absolute Gasteiger partial charge is 0.213 e. The zero-order valence-electron chi connectivity index (χ0n) is 23.1. The molecular weight excluding hydrogens is 530 g/mol. The maximum absolute atomic E-state index is 15.0. The third kappa shape index (κ3) is 7.54. The van der Waals surface area contributed by atoms with Crippen molar-refractivity contribution < 1.29 is 27.0 Å². The molecule has 4 rings (SSSR count). The van der Waals surface area contributed by atoms with Crippen LogP contribution in [0.15, 0.2) is 79.5 Å². The molecule has 0 radical (unpaired) electrons. The summed E-state index contributed by atoms with van der Waals surface area (Å²) in [5, 5.41) is 0. The van der Waals surface area contributed by atoms with E-state index in [-0.39, 0.29) is 35.5 Å². The van der Waals surface area contributed by atoms with Gasteiger partial charge in [-0.3, -0.25) is 0 Å². The number of nitrogens with zero attached hydrogens (tertiary/aromatic N) is 1. The molecule has 7 heteroatoms. The fourth-order valence-electron chi connectivity index (χ4n) is 4.36. The lowest BCUT2D eigenvalue weighted by Crippen LogP contribution is -2.01. The topological polar surface area (TPSA) is 31.4 Å². The Morgan fingerprint density at radius 2 is 1.39 bits per heavy atom. The molecule has 0 amide bonds. The molecule has 0 fully saturated rings. The van der Waals surface area contributed by atoms with E-state index in [1.54, 1.807) is 54.6 Å². The van der Waals surface area contributed by atoms with Crippen LogP contribution >= 0.6 is 0 Å². The number of hydrogen-bond acceptors (Lipinski definition) is 3. The number of allylic oxidation sites excluding steroid dienone is 1. The lowest BCUT2D eigenvalue weighted by Gasteiger charge is -2.11. The molecule has 0 atom stereocenters. The maximum Gasteiger partial charge on any atom is 0.213 e. The molecule has 41 heavy (non-hydrogen) atoms. The van der Waals surface area contributed by atoms with Crippen LogP contribution in [0.25, 0.3) is 22.3 Å². The fourth-order valence-corrected chi connectivity index (χ4v) is 4.36. The van der Waals surface area contributed by atoms with Crippen molar-refractivity contribution >= 4 is 0 Å². The first kappa shape index (κ1) is 29.8. The molecule has 0 unspecified atom stereocenters. The highest BCUT2D eigenvalue weighted by Crippen LogP contribution is 2.31. The predicted octanol–water partition coefficient (Wildman–Crippen LogP) is 9.28. The Morgan fingerprint density at radius 3 is 2.10 bits per heavy atom. The molecule has 1 heterocycles. The largest absolute Gasteiger partial charge is 0.490 e. The summed E-state index contributed by atoms with van der Waals surface area (Å²) in [6.07, 6.45) is 7.22. The molecule has 1 aromatic heterocycles. The lowest BCUT2D eigenvalue weighted by atomic mass is 9.98. The summed E-state index contributed by atoms with van der Waals surface area (Å²) in [4.78, 5) is 4.19. The minimum Gasteiger partial charge on any atom is -0.490 e. The molecule has 4 aromatic rings. The number of aryl methyl sites for hydroxylation is 2. The van der Waals surface area contributed by atoms with E-state index in [9.17, 15) is 17.6 Å². The SMILES string of the molecule is C=CCCCOc1ccc(-c2ccc(CCc3ccc(-c4ccc(OCCCC)nc4)c(F)c3F)cc2)c(F)c1F. The number of halogens is 4. The van der Waals surface area contributed by atoms with Crippen molar-refractivity contribution in [2.75, 3.05) is 13.2 Å². The normalized spacial score (nSPS) is 11.0. The molecule has 0 N–H and O–H groups in total. The Balaban J connectivity index is 1.39. The number of ether oxygens (including phenoxy) is 2. The van der Waals surface area contributed by atoms with Crippen molar-refractivity contribution in [1.82, 2.24) is 4.98 Å². The molecule has 0 bridgehead atoms. The van der Waals surface area contributed by atoms with E-state index in [2.05, 4.69) is 18.5 Å². The average Bonchev–Trinajstić information content (AvgIpc) is 2.99. The molecule has 0 saturated carbocycles. The van der Waals surface area contributed by atoms with E-state index in [4.69, 9.17) is 9.47 Å². The van der Waals surface area contributed by atoms with Crippen molar-refractivity contribution in [3.05, 3.63) is 114 Å². The minimum absolute atomic E-state index is 0.117. The van der Waals surface area contributed by atoms with E-state index >= 15 is 0 Å². The molecule has 0 aliphatic rings. The van der Waals surface area contributed by atoms with E-state index in [1.165, 1.54) is 18.3 Å². The van der Waals surface area contributed by atoms with Gasteiger partial charge in [-0.1, -0.05) is 55.8 Å². The summed E-state index contributed by atoms with van der Waals surface area (Å²) in [5.41, 5.74) is 2.31. The third-order valence-electron chi connectivity index (χ3n) is 6.76. The molecule has 3 nitrogen and oxygen atoms in total. The first-order valence-corrected chi connectivity index (χ1v) is 13.8. The van der Waals surface area contributed by atoms with Crippen molar-refractivity contribution in [3.63, 3.8) is 0 Å². The number of unbranched alkanes of at least 4 members (excludes halogenated alkanes) is 2. The summed E-state index contributed by atoms with van der Waals surface area (Å²) in [7, 11) is 0. The van der Waals surface area contributed by atoms with E-state index < -0.39 is 23.3 Å². The molecule has 214 valence electrons. The Kier molecular flexibility index (Phi) is 10.5. The Labute approximate surface area is 238 Å². The maximum atomic E-state index is 15.0. The number of rotatable bonds is 14. The molecular formula is C34H33F4NO2. The Bertz CT molecular complexity index is 1450. The minimum atomic E-state index is -1.03. The van der Waals surface area contributed by atoms with Gasteiger partial charge in [0.15, 0.2) is 23.2 Å². The summed E-state index contributed by atoms with van der Waals surface area (Å²) in [6.45, 7) is 6.50. The van der Waals surface area contributed by atoms with Gasteiger partial charge in [0.05, 0.1) is 13.2 Å². The van der Waals surface area contributed by atoms with Gasteiger partial charge in [0.2, 0.25) is 11.7 Å². The van der Waals surface area contributed by atoms with Gasteiger partial charge in [-0.15, -0.1) is 6.58 Å². The number of hydrogen-bond donors (Lipinski definition) is 0. The zero-order valence-corrected chi connectivity index (χ0v) is 23.1. The Hall–Kier alpha value is -4.13. The number of aromatic nitrogens is 1. The summed E-state index contributed by atoms with van der Waals surface area (Å²) < 4.78 is 70.1. The summed E-state index contributed by atoms with van der Waals surface area (Å²) in [5.74, 6) is -3.52. The highest BCUT2D eigenvalue weighted by molar-refractivity contribution is 5.66. The van der Waals surface area contributed by atoms with Crippen molar-refractivity contribution in [3.8, 4) is 33.9 Å². The van der Waals surface area contributed by atoms with Crippen LogP contribution in [0.1, 0.15) is 43.7 Å². The highest BCUT2D eigenvalue weighted by Gasteiger charge is 2.17. The first-order valence-electron chi connectivity index (χ1n) is 13.8. The van der Waals surface area contributed by atoms with Crippen LogP contribution in [0, 0.1) is 23.3 Å². The molecule has 0 aliphatic carbocycles. The van der Waals surface area contributed by atoms with E-state index in [1.807, 2.05) is 0 Å². The number of pyridine rings is 1. The van der Waals surface area contributed by atoms with Gasteiger partial charge >= 0.3 is 0 Å². The van der Waals surface area contributed by atoms with Crippen LogP contribution in [0.5, 0.6) is 11.6 Å². The van der Waals surface area contributed by atoms with Gasteiger partial charge in [0.25, 0.3) is 0 Å². The van der Waals surface area contributed by atoms with Crippen LogP contribution in [-0.4, -0.2) is 18.2 Å². The zero-order chi connectivity index (χ0) is 29.2.